The van der Waals surface area contributed by atoms with Gasteiger partial charge in [0.1, 0.15) is 0 Å². The van der Waals surface area contributed by atoms with Gasteiger partial charge in [-0.3, -0.25) is 19.6 Å². The first-order valence-electron chi connectivity index (χ1n) is 11.7. The Labute approximate surface area is 199 Å². The summed E-state index contributed by atoms with van der Waals surface area (Å²) in [6.07, 6.45) is 5.35. The van der Waals surface area contributed by atoms with Crippen LogP contribution in [0.15, 0.2) is 48.8 Å². The minimum atomic E-state index is -0.140. The fraction of sp³-hybridized carbons (Fsp3) is 0.346. The van der Waals surface area contributed by atoms with Crippen molar-refractivity contribution in [3.05, 3.63) is 71.2 Å². The third-order valence-corrected chi connectivity index (χ3v) is 6.81. The Kier molecular flexibility index (Phi) is 6.17. The molecular weight excluding hydrogens is 428 g/mol. The lowest BCUT2D eigenvalue weighted by atomic mass is 10.0. The quantitative estimate of drug-likeness (QED) is 0.614. The average molecular weight is 459 g/mol. The molecule has 1 aromatic rings. The number of benzene rings is 1. The third-order valence-electron chi connectivity index (χ3n) is 6.81. The molecule has 1 fully saturated rings. The van der Waals surface area contributed by atoms with Crippen LogP contribution in [0.2, 0.25) is 0 Å². The fourth-order valence-corrected chi connectivity index (χ4v) is 4.80. The normalized spacial score (nSPS) is 17.5. The second kappa shape index (κ2) is 9.40. The van der Waals surface area contributed by atoms with E-state index in [0.717, 1.165) is 60.7 Å². The van der Waals surface area contributed by atoms with Gasteiger partial charge in [0.15, 0.2) is 0 Å². The van der Waals surface area contributed by atoms with Gasteiger partial charge < -0.3 is 15.1 Å². The number of aromatic nitrogens is 2. The van der Waals surface area contributed by atoms with Gasteiger partial charge in [0.25, 0.3) is 5.91 Å². The second-order valence-electron chi connectivity index (χ2n) is 9.14. The van der Waals surface area contributed by atoms with Gasteiger partial charge in [0.2, 0.25) is 5.91 Å². The Morgan fingerprint density at radius 3 is 2.65 bits per heavy atom. The van der Waals surface area contributed by atoms with Crippen LogP contribution in [0.4, 0.5) is 0 Å². The summed E-state index contributed by atoms with van der Waals surface area (Å²) in [6.45, 7) is 6.62. The maximum atomic E-state index is 13.7. The molecule has 0 bridgehead atoms. The molecule has 5 rings (SSSR count). The van der Waals surface area contributed by atoms with Crippen LogP contribution in [0.25, 0.3) is 17.2 Å². The van der Waals surface area contributed by atoms with E-state index in [2.05, 4.69) is 44.5 Å². The standard InChI is InChI=1S/C26H30N6O2/c1-18(33)32-9-8-23-25-20(15-27-29-23)14-21(22(25)16-32)26(34)28-24(19-6-4-3-5-7-19)17-31-12-10-30(2)11-13-31/h3-9,14-15,24,27H,10-13,16-17H2,1-2H3,(H,28,34)/t24-/m1/s1. The molecule has 8 heteroatoms. The lowest BCUT2D eigenvalue weighted by Crippen LogP contribution is -2.47. The van der Waals surface area contributed by atoms with Gasteiger partial charge in [-0.05, 0) is 30.3 Å². The van der Waals surface area contributed by atoms with E-state index in [1.54, 1.807) is 17.3 Å². The van der Waals surface area contributed by atoms with Crippen LogP contribution in [-0.4, -0.2) is 76.5 Å². The molecule has 0 spiro atoms. The number of carbonyl (C=O) groups is 2. The van der Waals surface area contributed by atoms with Crippen molar-refractivity contribution < 1.29 is 9.59 Å². The number of piperazine rings is 1. The maximum Gasteiger partial charge on any atom is 0.252 e. The number of nitrogens with one attached hydrogen (secondary N) is 2. The second-order valence-corrected chi connectivity index (χ2v) is 9.14. The highest BCUT2D eigenvalue weighted by Crippen LogP contribution is 2.37. The summed E-state index contributed by atoms with van der Waals surface area (Å²) in [5.41, 5.74) is 5.06. The summed E-state index contributed by atoms with van der Waals surface area (Å²) in [5.74, 6) is -0.212. The summed E-state index contributed by atoms with van der Waals surface area (Å²) in [4.78, 5) is 32.2. The van der Waals surface area contributed by atoms with Gasteiger partial charge in [-0.25, -0.2) is 0 Å². The van der Waals surface area contributed by atoms with E-state index >= 15 is 0 Å². The van der Waals surface area contributed by atoms with Gasteiger partial charge in [-0.15, -0.1) is 0 Å². The summed E-state index contributed by atoms with van der Waals surface area (Å²) >= 11 is 0. The van der Waals surface area contributed by atoms with Crippen LogP contribution < -0.4 is 5.32 Å². The van der Waals surface area contributed by atoms with Crippen LogP contribution in [0.1, 0.15) is 40.1 Å². The van der Waals surface area contributed by atoms with Crippen LogP contribution in [0.3, 0.4) is 0 Å². The van der Waals surface area contributed by atoms with Crippen molar-refractivity contribution in [1.29, 1.82) is 0 Å². The zero-order chi connectivity index (χ0) is 23.7. The molecule has 3 aliphatic heterocycles. The highest BCUT2D eigenvalue weighted by molar-refractivity contribution is 6.02. The summed E-state index contributed by atoms with van der Waals surface area (Å²) in [5, 5.41) is 10.6. The van der Waals surface area contributed by atoms with Crippen LogP contribution in [-0.2, 0) is 11.3 Å². The molecule has 176 valence electrons. The number of hydrogen-bond acceptors (Lipinski definition) is 5. The van der Waals surface area contributed by atoms with Crippen molar-refractivity contribution in [3.8, 4) is 11.1 Å². The number of amides is 2. The Balaban J connectivity index is 1.46. The monoisotopic (exact) mass is 458 g/mol. The Morgan fingerprint density at radius 2 is 1.91 bits per heavy atom. The molecule has 0 unspecified atom stereocenters. The van der Waals surface area contributed by atoms with E-state index in [1.165, 1.54) is 6.92 Å². The Morgan fingerprint density at radius 1 is 1.15 bits per heavy atom. The zero-order valence-corrected chi connectivity index (χ0v) is 19.6. The van der Waals surface area contributed by atoms with Gasteiger partial charge in [0, 0.05) is 68.7 Å². The number of hydrogen-bond donors (Lipinski definition) is 2. The van der Waals surface area contributed by atoms with E-state index in [4.69, 9.17) is 0 Å². The van der Waals surface area contributed by atoms with Crippen molar-refractivity contribution in [2.45, 2.75) is 19.5 Å². The summed E-state index contributed by atoms with van der Waals surface area (Å²) < 4.78 is 0. The lowest BCUT2D eigenvalue weighted by Gasteiger charge is -2.35. The maximum absolute atomic E-state index is 13.7. The van der Waals surface area contributed by atoms with Gasteiger partial charge in [-0.1, -0.05) is 30.3 Å². The lowest BCUT2D eigenvalue weighted by molar-refractivity contribution is -0.126. The molecule has 2 N–H and O–H groups in total. The van der Waals surface area contributed by atoms with Gasteiger partial charge >= 0.3 is 0 Å². The molecule has 1 aliphatic carbocycles. The molecule has 34 heavy (non-hydrogen) atoms. The predicted molar refractivity (Wildman–Crippen MR) is 131 cm³/mol. The third kappa shape index (κ3) is 4.47. The van der Waals surface area contributed by atoms with E-state index in [9.17, 15) is 9.59 Å². The molecular formula is C26H30N6O2. The molecule has 0 saturated carbocycles. The number of aromatic amines is 1. The van der Waals surface area contributed by atoms with Crippen molar-refractivity contribution in [2.75, 3.05) is 39.8 Å². The highest BCUT2D eigenvalue weighted by Gasteiger charge is 2.29. The van der Waals surface area contributed by atoms with Crippen molar-refractivity contribution >= 4 is 17.9 Å². The number of likely N-dealkylation sites (N-methyl/N-ethyl adjacent to an activating group) is 1. The Hall–Kier alpha value is -3.49. The molecule has 4 aliphatic rings. The molecule has 0 aromatic heterocycles. The van der Waals surface area contributed by atoms with Gasteiger partial charge in [-0.2, -0.15) is 5.10 Å². The van der Waals surface area contributed by atoms with Crippen molar-refractivity contribution in [1.82, 2.24) is 30.2 Å². The minimum absolute atomic E-state index is 0.0778. The SMILES string of the molecule is CC(=O)N1C=Cc2n[nH]cc3cc(C(=O)N[C@H](CN4CCN(C)CC4)c4ccccc4)c(c2-3)C1. The molecule has 1 saturated heterocycles. The van der Waals surface area contributed by atoms with Crippen molar-refractivity contribution in [2.24, 2.45) is 0 Å². The fourth-order valence-electron chi connectivity index (χ4n) is 4.80. The van der Waals surface area contributed by atoms with Crippen molar-refractivity contribution in [3.63, 3.8) is 0 Å². The van der Waals surface area contributed by atoms with E-state index < -0.39 is 0 Å². The minimum Gasteiger partial charge on any atom is -0.344 e. The molecule has 3 heterocycles. The molecule has 1 aromatic carbocycles. The smallest absolute Gasteiger partial charge is 0.252 e. The number of rotatable bonds is 5. The van der Waals surface area contributed by atoms with E-state index in [1.807, 2.05) is 30.3 Å². The number of carbonyl (C=O) groups excluding carboxylic acids is 2. The van der Waals surface area contributed by atoms with E-state index in [-0.39, 0.29) is 17.9 Å². The van der Waals surface area contributed by atoms with Crippen LogP contribution in [0, 0.1) is 0 Å². The largest absolute Gasteiger partial charge is 0.344 e. The Bertz CT molecular complexity index is 1180. The molecule has 1 atom stereocenters. The first-order chi connectivity index (χ1) is 16.5. The van der Waals surface area contributed by atoms with Gasteiger partial charge in [0.05, 0.1) is 18.3 Å². The number of H-pyrrole nitrogens is 1. The predicted octanol–water partition coefficient (Wildman–Crippen LogP) is 2.57. The van der Waals surface area contributed by atoms with Crippen LogP contribution >= 0.6 is 0 Å². The van der Waals surface area contributed by atoms with E-state index in [0.29, 0.717) is 12.1 Å². The zero-order valence-electron chi connectivity index (χ0n) is 19.6. The highest BCUT2D eigenvalue weighted by atomic mass is 16.2. The molecule has 8 nitrogen and oxygen atoms in total. The first kappa shape index (κ1) is 22.3. The average Bonchev–Trinajstić information content (AvgIpc) is 3.09. The first-order valence-corrected chi connectivity index (χ1v) is 11.7. The summed E-state index contributed by atoms with van der Waals surface area (Å²) in [6, 6.07) is 11.9. The summed E-state index contributed by atoms with van der Waals surface area (Å²) in [7, 11) is 2.14. The molecule has 2 amide bonds. The van der Waals surface area contributed by atoms with Crippen LogP contribution in [0.5, 0.6) is 0 Å². The topological polar surface area (TPSA) is 84.6 Å². The molecule has 0 radical (unpaired) electrons. The number of nitrogens with zero attached hydrogens (tertiary/aromatic N) is 4.